The van der Waals surface area contributed by atoms with Crippen LogP contribution in [0, 0.1) is 0 Å². The van der Waals surface area contributed by atoms with Gasteiger partial charge >= 0.3 is 0 Å². The second-order valence-corrected chi connectivity index (χ2v) is 7.20. The average molecular weight is 346 g/mol. The smallest absolute Gasteiger partial charge is 0.0927 e. The highest BCUT2D eigenvalue weighted by molar-refractivity contribution is 5.89. The Balaban J connectivity index is 1.43. The molecule has 0 radical (unpaired) electrons. The first-order chi connectivity index (χ1) is 12.7. The predicted molar refractivity (Wildman–Crippen MR) is 110 cm³/mol. The van der Waals surface area contributed by atoms with Crippen molar-refractivity contribution in [3.63, 3.8) is 0 Å². The van der Waals surface area contributed by atoms with Crippen LogP contribution >= 0.6 is 0 Å². The van der Waals surface area contributed by atoms with E-state index in [-0.39, 0.29) is 0 Å². The number of hydrogen-bond acceptors (Lipinski definition) is 3. The molecule has 0 atom stereocenters. The van der Waals surface area contributed by atoms with Gasteiger partial charge in [0, 0.05) is 43.3 Å². The van der Waals surface area contributed by atoms with E-state index in [2.05, 4.69) is 76.3 Å². The standard InChI is InChI=1S/C22H26N4/c1-17(2)25-13-15-26(16-14-25)19-10-7-18(8-11-19)9-12-22-20-5-3-4-6-21(20)23-24-22/h3-12,17H,13-16H2,1-2H3,(H,23,24)/b12-9+. The van der Waals surface area contributed by atoms with Crippen molar-refractivity contribution in [3.05, 3.63) is 59.8 Å². The number of rotatable bonds is 4. The van der Waals surface area contributed by atoms with E-state index in [9.17, 15) is 0 Å². The number of nitrogens with zero attached hydrogens (tertiary/aromatic N) is 3. The minimum atomic E-state index is 0.641. The van der Waals surface area contributed by atoms with Crippen LogP contribution in [0.2, 0.25) is 0 Å². The van der Waals surface area contributed by atoms with Crippen LogP contribution in [0.5, 0.6) is 0 Å². The first-order valence-corrected chi connectivity index (χ1v) is 9.41. The second kappa shape index (κ2) is 7.34. The zero-order chi connectivity index (χ0) is 17.9. The number of aromatic amines is 1. The zero-order valence-corrected chi connectivity index (χ0v) is 15.5. The van der Waals surface area contributed by atoms with Crippen molar-refractivity contribution in [1.29, 1.82) is 0 Å². The number of anilines is 1. The molecule has 1 saturated heterocycles. The van der Waals surface area contributed by atoms with Gasteiger partial charge in [-0.3, -0.25) is 10.00 Å². The third-order valence-corrected chi connectivity index (χ3v) is 5.24. The van der Waals surface area contributed by atoms with Crippen LogP contribution < -0.4 is 4.90 Å². The Hall–Kier alpha value is -2.59. The number of hydrogen-bond donors (Lipinski definition) is 1. The molecule has 134 valence electrons. The fraction of sp³-hybridized carbons (Fsp3) is 0.318. The molecule has 2 heterocycles. The van der Waals surface area contributed by atoms with E-state index in [0.29, 0.717) is 6.04 Å². The maximum absolute atomic E-state index is 4.40. The topological polar surface area (TPSA) is 35.2 Å². The zero-order valence-electron chi connectivity index (χ0n) is 15.5. The van der Waals surface area contributed by atoms with Crippen LogP contribution in [-0.2, 0) is 0 Å². The molecule has 1 fully saturated rings. The molecule has 1 N–H and O–H groups in total. The summed E-state index contributed by atoms with van der Waals surface area (Å²) in [5.74, 6) is 0. The lowest BCUT2D eigenvalue weighted by molar-refractivity contribution is 0.209. The lowest BCUT2D eigenvalue weighted by Crippen LogP contribution is -2.48. The first-order valence-electron chi connectivity index (χ1n) is 9.41. The van der Waals surface area contributed by atoms with Crippen molar-refractivity contribution in [2.24, 2.45) is 0 Å². The monoisotopic (exact) mass is 346 g/mol. The normalized spacial score (nSPS) is 16.2. The lowest BCUT2D eigenvalue weighted by Gasteiger charge is -2.38. The molecule has 26 heavy (non-hydrogen) atoms. The lowest BCUT2D eigenvalue weighted by atomic mass is 10.1. The maximum Gasteiger partial charge on any atom is 0.0927 e. The number of fused-ring (bicyclic) bond motifs is 1. The summed E-state index contributed by atoms with van der Waals surface area (Å²) in [7, 11) is 0. The van der Waals surface area contributed by atoms with Gasteiger partial charge < -0.3 is 4.90 Å². The average Bonchev–Trinajstić information content (AvgIpc) is 3.10. The van der Waals surface area contributed by atoms with Crippen LogP contribution in [0.25, 0.3) is 23.1 Å². The summed E-state index contributed by atoms with van der Waals surface area (Å²) in [6.07, 6.45) is 4.21. The van der Waals surface area contributed by atoms with Crippen LogP contribution in [0.15, 0.2) is 48.5 Å². The third kappa shape index (κ3) is 3.51. The van der Waals surface area contributed by atoms with Gasteiger partial charge in [-0.25, -0.2) is 0 Å². The molecule has 4 rings (SSSR count). The number of aromatic nitrogens is 2. The number of piperazine rings is 1. The molecular weight excluding hydrogens is 320 g/mol. The summed E-state index contributed by atoms with van der Waals surface area (Å²) in [6, 6.07) is 17.7. The summed E-state index contributed by atoms with van der Waals surface area (Å²) in [5, 5.41) is 8.63. The van der Waals surface area contributed by atoms with Crippen LogP contribution in [0.4, 0.5) is 5.69 Å². The highest BCUT2D eigenvalue weighted by Gasteiger charge is 2.18. The minimum absolute atomic E-state index is 0.641. The van der Waals surface area contributed by atoms with Gasteiger partial charge in [0.1, 0.15) is 0 Å². The molecule has 0 saturated carbocycles. The molecule has 0 unspecified atom stereocenters. The Labute approximate surface area is 155 Å². The van der Waals surface area contributed by atoms with Crippen molar-refractivity contribution in [2.45, 2.75) is 19.9 Å². The molecule has 0 aliphatic carbocycles. The summed E-state index contributed by atoms with van der Waals surface area (Å²) in [6.45, 7) is 9.05. The van der Waals surface area contributed by atoms with Gasteiger partial charge in [0.2, 0.25) is 0 Å². The summed E-state index contributed by atoms with van der Waals surface area (Å²) in [4.78, 5) is 5.02. The number of nitrogens with one attached hydrogen (secondary N) is 1. The van der Waals surface area contributed by atoms with Crippen LogP contribution in [0.3, 0.4) is 0 Å². The molecule has 1 aliphatic heterocycles. The summed E-state index contributed by atoms with van der Waals surface area (Å²) < 4.78 is 0. The van der Waals surface area contributed by atoms with Crippen molar-refractivity contribution < 1.29 is 0 Å². The van der Waals surface area contributed by atoms with Gasteiger partial charge in [-0.05, 0) is 43.7 Å². The molecule has 1 aliphatic rings. The molecule has 0 spiro atoms. The first kappa shape index (κ1) is 16.9. The van der Waals surface area contributed by atoms with Crippen LogP contribution in [0.1, 0.15) is 25.1 Å². The third-order valence-electron chi connectivity index (χ3n) is 5.24. The van der Waals surface area contributed by atoms with Crippen molar-refractivity contribution in [3.8, 4) is 0 Å². The summed E-state index contributed by atoms with van der Waals surface area (Å²) >= 11 is 0. The van der Waals surface area contributed by atoms with E-state index in [4.69, 9.17) is 0 Å². The van der Waals surface area contributed by atoms with Crippen molar-refractivity contribution in [1.82, 2.24) is 15.1 Å². The van der Waals surface area contributed by atoms with E-state index in [1.165, 1.54) is 11.3 Å². The van der Waals surface area contributed by atoms with Gasteiger partial charge in [-0.15, -0.1) is 0 Å². The fourth-order valence-electron chi connectivity index (χ4n) is 3.58. The van der Waals surface area contributed by atoms with Crippen molar-refractivity contribution in [2.75, 3.05) is 31.1 Å². The van der Waals surface area contributed by atoms with E-state index < -0.39 is 0 Å². The molecule has 0 amide bonds. The van der Waals surface area contributed by atoms with Gasteiger partial charge in [0.05, 0.1) is 11.2 Å². The van der Waals surface area contributed by atoms with E-state index in [1.54, 1.807) is 0 Å². The highest BCUT2D eigenvalue weighted by atomic mass is 15.3. The Morgan fingerprint density at radius 1 is 0.923 bits per heavy atom. The largest absolute Gasteiger partial charge is 0.369 e. The van der Waals surface area contributed by atoms with Crippen molar-refractivity contribution >= 4 is 28.7 Å². The van der Waals surface area contributed by atoms with E-state index in [0.717, 1.165) is 42.8 Å². The second-order valence-electron chi connectivity index (χ2n) is 7.20. The fourth-order valence-corrected chi connectivity index (χ4v) is 3.58. The molecule has 4 heteroatoms. The Morgan fingerprint density at radius 3 is 2.38 bits per heavy atom. The SMILES string of the molecule is CC(C)N1CCN(c2ccc(/C=C/c3n[nH]c4ccccc34)cc2)CC1. The quantitative estimate of drug-likeness (QED) is 0.766. The minimum Gasteiger partial charge on any atom is -0.369 e. The maximum atomic E-state index is 4.40. The Morgan fingerprint density at radius 2 is 1.65 bits per heavy atom. The predicted octanol–water partition coefficient (Wildman–Crippen LogP) is 4.26. The molecular formula is C22H26N4. The molecule has 3 aromatic rings. The molecule has 4 nitrogen and oxygen atoms in total. The Bertz CT molecular complexity index is 884. The van der Waals surface area contributed by atoms with Gasteiger partial charge in [-0.1, -0.05) is 36.4 Å². The summed E-state index contributed by atoms with van der Waals surface area (Å²) in [5.41, 5.74) is 4.56. The van der Waals surface area contributed by atoms with E-state index in [1.807, 2.05) is 18.2 Å². The van der Waals surface area contributed by atoms with E-state index >= 15 is 0 Å². The molecule has 1 aromatic heterocycles. The molecule has 2 aromatic carbocycles. The highest BCUT2D eigenvalue weighted by Crippen LogP contribution is 2.21. The van der Waals surface area contributed by atoms with Crippen LogP contribution in [-0.4, -0.2) is 47.3 Å². The Kier molecular flexibility index (Phi) is 4.76. The number of H-pyrrole nitrogens is 1. The number of benzene rings is 2. The number of para-hydroxylation sites is 1. The van der Waals surface area contributed by atoms with Gasteiger partial charge in [0.15, 0.2) is 0 Å². The van der Waals surface area contributed by atoms with Gasteiger partial charge in [-0.2, -0.15) is 5.10 Å². The molecule has 0 bridgehead atoms. The van der Waals surface area contributed by atoms with Gasteiger partial charge in [0.25, 0.3) is 0 Å².